The number of anilines is 1. The van der Waals surface area contributed by atoms with Crippen molar-refractivity contribution in [2.24, 2.45) is 0 Å². The summed E-state index contributed by atoms with van der Waals surface area (Å²) in [6.07, 6.45) is 0. The molecule has 1 fully saturated rings. The SMILES string of the molecule is CCOC(=O)c1c(C)[nH]c(C)c1C(=O)C[NH+]1CCN(c2ccc(F)cc2)CC1. The van der Waals surface area contributed by atoms with Crippen molar-refractivity contribution in [2.75, 3.05) is 44.2 Å². The number of nitrogens with one attached hydrogen (secondary N) is 2. The lowest BCUT2D eigenvalue weighted by Gasteiger charge is -2.33. The van der Waals surface area contributed by atoms with Crippen LogP contribution in [0.15, 0.2) is 24.3 Å². The Balaban J connectivity index is 1.65. The lowest BCUT2D eigenvalue weighted by Crippen LogP contribution is -3.15. The number of aromatic amines is 1. The summed E-state index contributed by atoms with van der Waals surface area (Å²) < 4.78 is 18.2. The number of H-pyrrole nitrogens is 1. The number of ether oxygens (including phenoxy) is 1. The molecule has 1 aromatic heterocycles. The highest BCUT2D eigenvalue weighted by Gasteiger charge is 2.29. The molecule has 7 heteroatoms. The number of hydrogen-bond donors (Lipinski definition) is 2. The number of piperazine rings is 1. The van der Waals surface area contributed by atoms with Gasteiger partial charge in [-0.2, -0.15) is 0 Å². The van der Waals surface area contributed by atoms with E-state index in [-0.39, 0.29) is 18.2 Å². The van der Waals surface area contributed by atoms with E-state index in [2.05, 4.69) is 9.88 Å². The number of hydrogen-bond acceptors (Lipinski definition) is 4. The van der Waals surface area contributed by atoms with E-state index in [1.54, 1.807) is 26.0 Å². The number of Topliss-reactive ketones (excluding diaryl/α,β-unsaturated/α-hetero) is 1. The van der Waals surface area contributed by atoms with Gasteiger partial charge >= 0.3 is 5.97 Å². The van der Waals surface area contributed by atoms with Crippen LogP contribution in [0, 0.1) is 19.7 Å². The Labute approximate surface area is 164 Å². The predicted molar refractivity (Wildman–Crippen MR) is 105 cm³/mol. The molecule has 28 heavy (non-hydrogen) atoms. The van der Waals surface area contributed by atoms with Crippen molar-refractivity contribution in [3.63, 3.8) is 0 Å². The van der Waals surface area contributed by atoms with Crippen LogP contribution in [0.4, 0.5) is 10.1 Å². The summed E-state index contributed by atoms with van der Waals surface area (Å²) in [5.74, 6) is -0.743. The number of nitrogens with zero attached hydrogens (tertiary/aromatic N) is 1. The van der Waals surface area contributed by atoms with Crippen LogP contribution in [-0.2, 0) is 4.74 Å². The Morgan fingerprint density at radius 1 is 1.11 bits per heavy atom. The molecule has 1 aromatic carbocycles. The second-order valence-corrected chi connectivity index (χ2v) is 7.16. The average Bonchev–Trinajstić information content (AvgIpc) is 2.97. The second-order valence-electron chi connectivity index (χ2n) is 7.16. The number of aryl methyl sites for hydroxylation is 2. The molecule has 0 atom stereocenters. The standard InChI is InChI=1S/C21H26FN3O3/c1-4-28-21(27)20-15(3)23-14(2)19(20)18(26)13-24-9-11-25(12-10-24)17-7-5-16(22)6-8-17/h5-8,23H,4,9-13H2,1-3H3/p+1. The number of quaternary nitrogens is 1. The minimum absolute atomic E-state index is 0.0462. The molecule has 0 saturated carbocycles. The van der Waals surface area contributed by atoms with Gasteiger partial charge in [-0.3, -0.25) is 4.79 Å². The minimum Gasteiger partial charge on any atom is -0.462 e. The van der Waals surface area contributed by atoms with E-state index < -0.39 is 5.97 Å². The molecule has 1 aliphatic heterocycles. The van der Waals surface area contributed by atoms with E-state index >= 15 is 0 Å². The summed E-state index contributed by atoms with van der Waals surface area (Å²) in [5, 5.41) is 0. The molecule has 2 heterocycles. The van der Waals surface area contributed by atoms with Crippen LogP contribution in [0.1, 0.15) is 39.0 Å². The number of carbonyl (C=O) groups is 2. The largest absolute Gasteiger partial charge is 0.462 e. The Hall–Kier alpha value is -2.67. The number of aromatic nitrogens is 1. The average molecular weight is 388 g/mol. The summed E-state index contributed by atoms with van der Waals surface area (Å²) in [6, 6.07) is 6.49. The van der Waals surface area contributed by atoms with Gasteiger partial charge in [0, 0.05) is 17.1 Å². The van der Waals surface area contributed by atoms with Crippen LogP contribution in [0.5, 0.6) is 0 Å². The van der Waals surface area contributed by atoms with E-state index in [1.165, 1.54) is 17.0 Å². The van der Waals surface area contributed by atoms with Crippen molar-refractivity contribution in [1.29, 1.82) is 0 Å². The topological polar surface area (TPSA) is 66.8 Å². The lowest BCUT2D eigenvalue weighted by molar-refractivity contribution is -0.892. The summed E-state index contributed by atoms with van der Waals surface area (Å²) in [7, 11) is 0. The number of ketones is 1. The van der Waals surface area contributed by atoms with E-state index in [0.717, 1.165) is 31.9 Å². The zero-order valence-electron chi connectivity index (χ0n) is 16.6. The maximum atomic E-state index is 13.1. The zero-order chi connectivity index (χ0) is 20.3. The lowest BCUT2D eigenvalue weighted by atomic mass is 10.0. The molecule has 2 aromatic rings. The third-order valence-electron chi connectivity index (χ3n) is 5.21. The van der Waals surface area contributed by atoms with Gasteiger partial charge in [0.1, 0.15) is 12.4 Å². The normalized spacial score (nSPS) is 14.9. The molecule has 150 valence electrons. The first-order valence-corrected chi connectivity index (χ1v) is 9.64. The van der Waals surface area contributed by atoms with Gasteiger partial charge in [0.2, 0.25) is 5.78 Å². The van der Waals surface area contributed by atoms with Gasteiger partial charge in [-0.05, 0) is 45.0 Å². The summed E-state index contributed by atoms with van der Waals surface area (Å²) >= 11 is 0. The molecular weight excluding hydrogens is 361 g/mol. The fourth-order valence-corrected chi connectivity index (χ4v) is 3.81. The van der Waals surface area contributed by atoms with Crippen LogP contribution in [0.3, 0.4) is 0 Å². The van der Waals surface area contributed by atoms with Gasteiger partial charge < -0.3 is 19.5 Å². The summed E-state index contributed by atoms with van der Waals surface area (Å²) in [4.78, 5) is 31.7. The van der Waals surface area contributed by atoms with E-state index in [9.17, 15) is 14.0 Å². The van der Waals surface area contributed by atoms with Gasteiger partial charge in [0.15, 0.2) is 0 Å². The van der Waals surface area contributed by atoms with E-state index in [4.69, 9.17) is 4.74 Å². The smallest absolute Gasteiger partial charge is 0.340 e. The van der Waals surface area contributed by atoms with Crippen molar-refractivity contribution in [3.05, 3.63) is 52.6 Å². The van der Waals surface area contributed by atoms with Gasteiger partial charge in [-0.15, -0.1) is 0 Å². The second kappa shape index (κ2) is 8.56. The first-order chi connectivity index (χ1) is 13.4. The third-order valence-corrected chi connectivity index (χ3v) is 5.21. The van der Waals surface area contributed by atoms with Crippen molar-refractivity contribution in [1.82, 2.24) is 4.98 Å². The first kappa shape index (κ1) is 20.1. The highest BCUT2D eigenvalue weighted by Crippen LogP contribution is 2.20. The predicted octanol–water partition coefficient (Wildman–Crippen LogP) is 1.54. The maximum Gasteiger partial charge on any atom is 0.340 e. The van der Waals surface area contributed by atoms with Crippen molar-refractivity contribution in [2.45, 2.75) is 20.8 Å². The molecule has 3 rings (SSSR count). The molecule has 1 saturated heterocycles. The Bertz CT molecular complexity index is 853. The minimum atomic E-state index is -0.455. The molecule has 0 radical (unpaired) electrons. The molecule has 0 amide bonds. The Kier molecular flexibility index (Phi) is 6.14. The van der Waals surface area contributed by atoms with E-state index in [0.29, 0.717) is 29.1 Å². The molecule has 2 N–H and O–H groups in total. The molecular formula is C21H27FN3O3+. The molecule has 0 unspecified atom stereocenters. The van der Waals surface area contributed by atoms with Gasteiger partial charge in [0.25, 0.3) is 0 Å². The zero-order valence-corrected chi connectivity index (χ0v) is 16.6. The summed E-state index contributed by atoms with van der Waals surface area (Å²) in [5.41, 5.74) is 3.16. The van der Waals surface area contributed by atoms with Crippen LogP contribution in [0.25, 0.3) is 0 Å². The maximum absolute atomic E-state index is 13.1. The highest BCUT2D eigenvalue weighted by atomic mass is 19.1. The number of carbonyl (C=O) groups excluding carboxylic acids is 2. The summed E-state index contributed by atoms with van der Waals surface area (Å²) in [6.45, 7) is 9.15. The molecule has 0 bridgehead atoms. The molecule has 0 spiro atoms. The molecule has 1 aliphatic rings. The quantitative estimate of drug-likeness (QED) is 0.582. The number of benzene rings is 1. The fraction of sp³-hybridized carbons (Fsp3) is 0.429. The number of rotatable bonds is 6. The molecule has 6 nitrogen and oxygen atoms in total. The van der Waals surface area contributed by atoms with Crippen LogP contribution in [0.2, 0.25) is 0 Å². The Morgan fingerprint density at radius 3 is 2.32 bits per heavy atom. The van der Waals surface area contributed by atoms with Crippen LogP contribution < -0.4 is 9.80 Å². The number of halogens is 1. The first-order valence-electron chi connectivity index (χ1n) is 9.64. The van der Waals surface area contributed by atoms with Crippen LogP contribution >= 0.6 is 0 Å². The fourth-order valence-electron chi connectivity index (χ4n) is 3.81. The van der Waals surface area contributed by atoms with Gasteiger partial charge in [-0.1, -0.05) is 0 Å². The highest BCUT2D eigenvalue weighted by molar-refractivity contribution is 6.08. The number of esters is 1. The monoisotopic (exact) mass is 388 g/mol. The van der Waals surface area contributed by atoms with Crippen LogP contribution in [-0.4, -0.2) is 56.1 Å². The van der Waals surface area contributed by atoms with Crippen molar-refractivity contribution in [3.8, 4) is 0 Å². The van der Waals surface area contributed by atoms with E-state index in [1.807, 2.05) is 6.92 Å². The third kappa shape index (κ3) is 4.25. The Morgan fingerprint density at radius 2 is 1.71 bits per heavy atom. The van der Waals surface area contributed by atoms with Gasteiger partial charge in [0.05, 0.1) is 43.9 Å². The van der Waals surface area contributed by atoms with Crippen molar-refractivity contribution >= 4 is 17.4 Å². The molecule has 0 aliphatic carbocycles. The van der Waals surface area contributed by atoms with Crippen molar-refractivity contribution < 1.29 is 23.6 Å². The van der Waals surface area contributed by atoms with Gasteiger partial charge in [-0.25, -0.2) is 9.18 Å².